The molecule has 0 aromatic carbocycles. The zero-order chi connectivity index (χ0) is 13.9. The zero-order valence-electron chi connectivity index (χ0n) is 11.6. The van der Waals surface area contributed by atoms with Gasteiger partial charge in [-0.25, -0.2) is 0 Å². The first kappa shape index (κ1) is 13.2. The highest BCUT2D eigenvalue weighted by Gasteiger charge is 2.32. The predicted octanol–water partition coefficient (Wildman–Crippen LogP) is 1.75. The minimum atomic E-state index is -0.0299. The van der Waals surface area contributed by atoms with Gasteiger partial charge in [-0.05, 0) is 31.7 Å². The Kier molecular flexibility index (Phi) is 3.76. The normalized spacial score (nSPS) is 23.1. The van der Waals surface area contributed by atoms with Crippen molar-refractivity contribution in [1.29, 1.82) is 0 Å². The first-order chi connectivity index (χ1) is 9.75. The summed E-state index contributed by atoms with van der Waals surface area (Å²) in [6.07, 6.45) is 6.98. The molecule has 1 aromatic rings. The Morgan fingerprint density at radius 3 is 2.55 bits per heavy atom. The third-order valence-corrected chi connectivity index (χ3v) is 4.24. The van der Waals surface area contributed by atoms with Crippen LogP contribution in [0.1, 0.15) is 36.0 Å². The van der Waals surface area contributed by atoms with Gasteiger partial charge in [-0.1, -0.05) is 0 Å². The van der Waals surface area contributed by atoms with Crippen LogP contribution < -0.4 is 0 Å². The second kappa shape index (κ2) is 5.69. The summed E-state index contributed by atoms with van der Waals surface area (Å²) in [5.41, 5.74) is 0.569. The first-order valence-corrected chi connectivity index (χ1v) is 7.36. The number of hydrogen-bond acceptors (Lipinski definition) is 3. The average molecular weight is 276 g/mol. The van der Waals surface area contributed by atoms with Crippen LogP contribution >= 0.6 is 0 Å². The summed E-state index contributed by atoms with van der Waals surface area (Å²) in [5.74, 6) is 0.169. The molecule has 5 nitrogen and oxygen atoms in total. The van der Waals surface area contributed by atoms with Crippen molar-refractivity contribution >= 4 is 11.8 Å². The Morgan fingerprint density at radius 1 is 1.10 bits per heavy atom. The van der Waals surface area contributed by atoms with Crippen molar-refractivity contribution in [3.8, 4) is 0 Å². The van der Waals surface area contributed by atoms with Crippen molar-refractivity contribution in [2.45, 2.75) is 25.7 Å². The molecule has 1 atom stereocenters. The van der Waals surface area contributed by atoms with Gasteiger partial charge in [-0.3, -0.25) is 9.59 Å². The molecule has 0 bridgehead atoms. The molecule has 0 N–H and O–H groups in total. The molecule has 1 aromatic heterocycles. The Labute approximate surface area is 118 Å². The molecule has 2 aliphatic heterocycles. The summed E-state index contributed by atoms with van der Waals surface area (Å²) in [6.45, 7) is 3.03. The number of hydrogen-bond donors (Lipinski definition) is 0. The Morgan fingerprint density at radius 2 is 1.85 bits per heavy atom. The number of carbonyl (C=O) groups excluding carboxylic acids is 2. The molecule has 2 fully saturated rings. The van der Waals surface area contributed by atoms with E-state index in [2.05, 4.69) is 0 Å². The van der Waals surface area contributed by atoms with E-state index < -0.39 is 0 Å². The third-order valence-electron chi connectivity index (χ3n) is 4.24. The van der Waals surface area contributed by atoms with Crippen molar-refractivity contribution in [3.63, 3.8) is 0 Å². The molecule has 0 radical (unpaired) electrons. The number of nitrogens with zero attached hydrogens (tertiary/aromatic N) is 2. The number of amides is 2. The number of piperidine rings is 1. The second-order valence-corrected chi connectivity index (χ2v) is 5.63. The van der Waals surface area contributed by atoms with Crippen molar-refractivity contribution in [2.75, 3.05) is 26.2 Å². The van der Waals surface area contributed by atoms with Gasteiger partial charge < -0.3 is 14.2 Å². The topological polar surface area (TPSA) is 53.8 Å². The summed E-state index contributed by atoms with van der Waals surface area (Å²) < 4.78 is 4.96. The van der Waals surface area contributed by atoms with E-state index in [9.17, 15) is 9.59 Å². The van der Waals surface area contributed by atoms with E-state index in [-0.39, 0.29) is 17.7 Å². The molecule has 2 saturated heterocycles. The highest BCUT2D eigenvalue weighted by atomic mass is 16.3. The van der Waals surface area contributed by atoms with Gasteiger partial charge in [0.25, 0.3) is 5.91 Å². The van der Waals surface area contributed by atoms with E-state index in [4.69, 9.17) is 4.42 Å². The smallest absolute Gasteiger partial charge is 0.257 e. The summed E-state index contributed by atoms with van der Waals surface area (Å²) in [4.78, 5) is 28.5. The van der Waals surface area contributed by atoms with Gasteiger partial charge in [-0.15, -0.1) is 0 Å². The van der Waals surface area contributed by atoms with Gasteiger partial charge in [0.1, 0.15) is 6.26 Å². The molecule has 0 spiro atoms. The Balaban J connectivity index is 1.64. The van der Waals surface area contributed by atoms with Crippen LogP contribution in [0.5, 0.6) is 0 Å². The predicted molar refractivity (Wildman–Crippen MR) is 73.1 cm³/mol. The number of furan rings is 1. The lowest BCUT2D eigenvalue weighted by Gasteiger charge is -2.33. The van der Waals surface area contributed by atoms with E-state index in [1.807, 2.05) is 4.90 Å². The molecule has 5 heteroatoms. The fourth-order valence-electron chi connectivity index (χ4n) is 3.13. The van der Waals surface area contributed by atoms with Crippen molar-refractivity contribution in [2.24, 2.45) is 5.92 Å². The summed E-state index contributed by atoms with van der Waals surface area (Å²) >= 11 is 0. The molecule has 1 unspecified atom stereocenters. The summed E-state index contributed by atoms with van der Waals surface area (Å²) in [7, 11) is 0. The third kappa shape index (κ3) is 2.57. The molecule has 20 heavy (non-hydrogen) atoms. The van der Waals surface area contributed by atoms with Crippen LogP contribution in [0.15, 0.2) is 23.0 Å². The van der Waals surface area contributed by atoms with Gasteiger partial charge in [0.2, 0.25) is 5.91 Å². The highest BCUT2D eigenvalue weighted by Crippen LogP contribution is 2.22. The van der Waals surface area contributed by atoms with Crippen LogP contribution in [-0.2, 0) is 4.79 Å². The van der Waals surface area contributed by atoms with E-state index >= 15 is 0 Å². The maximum Gasteiger partial charge on any atom is 0.257 e. The summed E-state index contributed by atoms with van der Waals surface area (Å²) in [6, 6.07) is 1.67. The first-order valence-electron chi connectivity index (χ1n) is 7.36. The van der Waals surface area contributed by atoms with Crippen LogP contribution in [0.25, 0.3) is 0 Å². The minimum absolute atomic E-state index is 0.0299. The fraction of sp³-hybridized carbons (Fsp3) is 0.600. The fourth-order valence-corrected chi connectivity index (χ4v) is 3.13. The zero-order valence-corrected chi connectivity index (χ0v) is 11.6. The lowest BCUT2D eigenvalue weighted by Crippen LogP contribution is -2.46. The second-order valence-electron chi connectivity index (χ2n) is 5.63. The number of carbonyl (C=O) groups is 2. The van der Waals surface area contributed by atoms with E-state index in [1.54, 1.807) is 11.0 Å². The van der Waals surface area contributed by atoms with Crippen LogP contribution in [0, 0.1) is 5.92 Å². The Hall–Kier alpha value is -1.78. The quantitative estimate of drug-likeness (QED) is 0.827. The minimum Gasteiger partial charge on any atom is -0.472 e. The van der Waals surface area contributed by atoms with Crippen LogP contribution in [0.4, 0.5) is 0 Å². The largest absolute Gasteiger partial charge is 0.472 e. The highest BCUT2D eigenvalue weighted by molar-refractivity contribution is 5.94. The molecular formula is C15H20N2O3. The van der Waals surface area contributed by atoms with Crippen molar-refractivity contribution in [1.82, 2.24) is 9.80 Å². The molecule has 3 heterocycles. The Bertz CT molecular complexity index is 477. The monoisotopic (exact) mass is 276 g/mol. The maximum atomic E-state index is 12.4. The van der Waals surface area contributed by atoms with Crippen molar-refractivity contribution in [3.05, 3.63) is 24.2 Å². The molecule has 0 saturated carbocycles. The average Bonchev–Trinajstić information content (AvgIpc) is 3.18. The number of rotatable bonds is 2. The van der Waals surface area contributed by atoms with Gasteiger partial charge >= 0.3 is 0 Å². The van der Waals surface area contributed by atoms with Gasteiger partial charge in [0.05, 0.1) is 17.7 Å². The maximum absolute atomic E-state index is 12.4. The standard InChI is InChI=1S/C15H20N2O3/c18-14(16-6-1-2-7-16)12-4-3-8-17(10-12)15(19)13-5-9-20-11-13/h5,9,11-12H,1-4,6-8,10H2. The van der Waals surface area contributed by atoms with E-state index in [0.717, 1.165) is 45.3 Å². The van der Waals surface area contributed by atoms with Gasteiger partial charge in [0, 0.05) is 26.2 Å². The molecule has 108 valence electrons. The molecule has 2 aliphatic rings. The van der Waals surface area contributed by atoms with E-state index in [0.29, 0.717) is 12.1 Å². The van der Waals surface area contributed by atoms with Crippen LogP contribution in [0.3, 0.4) is 0 Å². The van der Waals surface area contributed by atoms with E-state index in [1.165, 1.54) is 12.5 Å². The SMILES string of the molecule is O=C(c1ccoc1)N1CCCC(C(=O)N2CCCC2)C1. The lowest BCUT2D eigenvalue weighted by atomic mass is 9.96. The van der Waals surface area contributed by atoms with Crippen LogP contribution in [-0.4, -0.2) is 47.8 Å². The van der Waals surface area contributed by atoms with Gasteiger partial charge in [-0.2, -0.15) is 0 Å². The molecule has 3 rings (SSSR count). The molecule has 0 aliphatic carbocycles. The van der Waals surface area contributed by atoms with Crippen LogP contribution in [0.2, 0.25) is 0 Å². The summed E-state index contributed by atoms with van der Waals surface area (Å²) in [5, 5.41) is 0. The molecule has 2 amide bonds. The lowest BCUT2D eigenvalue weighted by molar-refractivity contribution is -0.135. The van der Waals surface area contributed by atoms with Gasteiger partial charge in [0.15, 0.2) is 0 Å². The molecular weight excluding hydrogens is 256 g/mol. The number of likely N-dealkylation sites (tertiary alicyclic amines) is 2. The van der Waals surface area contributed by atoms with Crippen molar-refractivity contribution < 1.29 is 14.0 Å².